The van der Waals surface area contributed by atoms with E-state index < -0.39 is 10.0 Å². The van der Waals surface area contributed by atoms with Gasteiger partial charge in [0.05, 0.1) is 29.9 Å². The van der Waals surface area contributed by atoms with Gasteiger partial charge in [0.25, 0.3) is 0 Å². The molecule has 3 N–H and O–H groups in total. The lowest BCUT2D eigenvalue weighted by Gasteiger charge is -2.01. The van der Waals surface area contributed by atoms with Gasteiger partial charge in [-0.2, -0.15) is 0 Å². The third-order valence-electron chi connectivity index (χ3n) is 2.54. The Morgan fingerprint density at radius 2 is 2.16 bits per heavy atom. The van der Waals surface area contributed by atoms with Gasteiger partial charge in [-0.3, -0.25) is 0 Å². The van der Waals surface area contributed by atoms with E-state index >= 15 is 0 Å². The molecular weight excluding hydrogens is 268 g/mol. The summed E-state index contributed by atoms with van der Waals surface area (Å²) in [5, 5.41) is 21.8. The van der Waals surface area contributed by atoms with Crippen LogP contribution in [0.15, 0.2) is 30.5 Å². The topological polar surface area (TPSA) is 111 Å². The second kappa shape index (κ2) is 5.47. The van der Waals surface area contributed by atoms with Crippen molar-refractivity contribution >= 4 is 10.0 Å². The van der Waals surface area contributed by atoms with Crippen LogP contribution in [-0.2, 0) is 23.1 Å². The molecule has 1 aromatic heterocycles. The van der Waals surface area contributed by atoms with E-state index in [0.717, 1.165) is 11.3 Å². The number of aliphatic hydroxyl groups is 1. The zero-order valence-electron chi connectivity index (χ0n) is 10.1. The van der Waals surface area contributed by atoms with E-state index in [9.17, 15) is 8.42 Å². The molecule has 1 aromatic carbocycles. The Morgan fingerprint density at radius 1 is 1.37 bits per heavy atom. The van der Waals surface area contributed by atoms with Gasteiger partial charge in [-0.1, -0.05) is 17.3 Å². The Morgan fingerprint density at radius 3 is 2.84 bits per heavy atom. The minimum absolute atomic E-state index is 0.0548. The molecule has 0 amide bonds. The Labute approximate surface area is 110 Å². The third-order valence-corrected chi connectivity index (χ3v) is 3.31. The highest BCUT2D eigenvalue weighted by atomic mass is 32.2. The molecule has 0 unspecified atom stereocenters. The highest BCUT2D eigenvalue weighted by Crippen LogP contribution is 2.10. The summed E-state index contributed by atoms with van der Waals surface area (Å²) >= 11 is 0. The number of benzene rings is 1. The number of primary sulfonamides is 1. The molecule has 0 fully saturated rings. The fraction of sp³-hybridized carbons (Fsp3) is 0.273. The van der Waals surface area contributed by atoms with Crippen molar-refractivity contribution in [3.8, 4) is 5.69 Å². The maximum Gasteiger partial charge on any atom is 0.209 e. The van der Waals surface area contributed by atoms with E-state index in [-0.39, 0.29) is 18.8 Å². The van der Waals surface area contributed by atoms with Crippen molar-refractivity contribution in [1.29, 1.82) is 0 Å². The lowest BCUT2D eigenvalue weighted by molar-refractivity contribution is 0.282. The van der Waals surface area contributed by atoms with Crippen molar-refractivity contribution in [3.05, 3.63) is 41.7 Å². The number of aliphatic hydroxyl groups excluding tert-OH is 1. The van der Waals surface area contributed by atoms with Gasteiger partial charge in [0.2, 0.25) is 10.0 Å². The molecule has 0 spiro atoms. The molecule has 2 rings (SSSR count). The summed E-state index contributed by atoms with van der Waals surface area (Å²) in [7, 11) is -3.50. The summed E-state index contributed by atoms with van der Waals surface area (Å²) in [6, 6.07) is 7.18. The highest BCUT2D eigenvalue weighted by molar-refractivity contribution is 7.89. The summed E-state index contributed by atoms with van der Waals surface area (Å²) in [4.78, 5) is 0. The first-order valence-corrected chi connectivity index (χ1v) is 7.31. The van der Waals surface area contributed by atoms with Crippen LogP contribution in [0, 0.1) is 0 Å². The first-order valence-electron chi connectivity index (χ1n) is 5.60. The Hall–Kier alpha value is -1.77. The Kier molecular flexibility index (Phi) is 3.93. The minimum Gasteiger partial charge on any atom is -0.392 e. The molecule has 0 aliphatic rings. The molecule has 8 heteroatoms. The number of aryl methyl sites for hydroxylation is 1. The lowest BCUT2D eigenvalue weighted by atomic mass is 10.2. The van der Waals surface area contributed by atoms with Gasteiger partial charge in [-0.15, -0.1) is 5.10 Å². The third kappa shape index (κ3) is 3.85. The summed E-state index contributed by atoms with van der Waals surface area (Å²) in [6.45, 7) is -0.0548. The van der Waals surface area contributed by atoms with E-state index in [1.54, 1.807) is 24.4 Å². The first kappa shape index (κ1) is 13.7. The van der Waals surface area contributed by atoms with Gasteiger partial charge in [0.15, 0.2) is 0 Å². The monoisotopic (exact) mass is 282 g/mol. The summed E-state index contributed by atoms with van der Waals surface area (Å²) in [5.41, 5.74) is 2.06. The molecule has 0 bridgehead atoms. The molecule has 0 aliphatic carbocycles. The van der Waals surface area contributed by atoms with Gasteiger partial charge in [0.1, 0.15) is 0 Å². The fourth-order valence-corrected chi connectivity index (χ4v) is 2.08. The van der Waals surface area contributed by atoms with Crippen LogP contribution < -0.4 is 5.14 Å². The van der Waals surface area contributed by atoms with Crippen molar-refractivity contribution in [1.82, 2.24) is 15.0 Å². The number of aromatic nitrogens is 3. The molecule has 0 saturated carbocycles. The van der Waals surface area contributed by atoms with Crippen molar-refractivity contribution in [2.24, 2.45) is 5.14 Å². The van der Waals surface area contributed by atoms with Crippen molar-refractivity contribution in [3.63, 3.8) is 0 Å². The number of hydrogen-bond acceptors (Lipinski definition) is 5. The summed E-state index contributed by atoms with van der Waals surface area (Å²) in [5.74, 6) is -0.164. The quantitative estimate of drug-likeness (QED) is 0.774. The number of rotatable bonds is 5. The van der Waals surface area contributed by atoms with Gasteiger partial charge < -0.3 is 5.11 Å². The van der Waals surface area contributed by atoms with Crippen LogP contribution in [0.5, 0.6) is 0 Å². The van der Waals surface area contributed by atoms with E-state index in [0.29, 0.717) is 5.69 Å². The molecule has 2 aromatic rings. The van der Waals surface area contributed by atoms with Crippen LogP contribution in [0.4, 0.5) is 0 Å². The summed E-state index contributed by atoms with van der Waals surface area (Å²) < 4.78 is 23.2. The standard InChI is InChI=1S/C11H14N4O3S/c12-19(17,18)5-4-10-7-15(14-13-10)11-3-1-2-9(6-11)8-16/h1-3,6-7,16H,4-5,8H2,(H2,12,17,18). The summed E-state index contributed by atoms with van der Waals surface area (Å²) in [6.07, 6.45) is 1.86. The van der Waals surface area contributed by atoms with E-state index in [1.807, 2.05) is 6.07 Å². The SMILES string of the molecule is NS(=O)(=O)CCc1cn(-c2cccc(CO)c2)nn1. The number of nitrogens with zero attached hydrogens (tertiary/aromatic N) is 3. The van der Waals surface area contributed by atoms with Crippen LogP contribution in [-0.4, -0.2) is 34.3 Å². The largest absolute Gasteiger partial charge is 0.392 e. The van der Waals surface area contributed by atoms with Crippen LogP contribution in [0.2, 0.25) is 0 Å². The predicted octanol–water partition coefficient (Wildman–Crippen LogP) is -0.409. The van der Waals surface area contributed by atoms with Crippen LogP contribution >= 0.6 is 0 Å². The molecule has 0 atom stereocenters. The number of hydrogen-bond donors (Lipinski definition) is 2. The molecule has 19 heavy (non-hydrogen) atoms. The fourth-order valence-electron chi connectivity index (χ4n) is 1.58. The average molecular weight is 282 g/mol. The lowest BCUT2D eigenvalue weighted by Crippen LogP contribution is -2.18. The van der Waals surface area contributed by atoms with Crippen LogP contribution in [0.3, 0.4) is 0 Å². The smallest absolute Gasteiger partial charge is 0.209 e. The molecular formula is C11H14N4O3S. The van der Waals surface area contributed by atoms with E-state index in [1.165, 1.54) is 4.68 Å². The number of sulfonamides is 1. The second-order valence-corrected chi connectivity index (χ2v) is 5.83. The highest BCUT2D eigenvalue weighted by Gasteiger charge is 2.08. The minimum atomic E-state index is -3.50. The molecule has 1 heterocycles. The molecule has 0 saturated heterocycles. The maximum absolute atomic E-state index is 10.9. The van der Waals surface area contributed by atoms with Crippen LogP contribution in [0.25, 0.3) is 5.69 Å². The number of nitrogens with two attached hydrogens (primary N) is 1. The van der Waals surface area contributed by atoms with Crippen molar-refractivity contribution < 1.29 is 13.5 Å². The molecule has 7 nitrogen and oxygen atoms in total. The van der Waals surface area contributed by atoms with Gasteiger partial charge in [-0.25, -0.2) is 18.2 Å². The zero-order valence-corrected chi connectivity index (χ0v) is 10.9. The van der Waals surface area contributed by atoms with Gasteiger partial charge in [-0.05, 0) is 17.7 Å². The van der Waals surface area contributed by atoms with Gasteiger partial charge in [0, 0.05) is 6.42 Å². The Balaban J connectivity index is 2.16. The molecule has 0 radical (unpaired) electrons. The maximum atomic E-state index is 10.9. The predicted molar refractivity (Wildman–Crippen MR) is 69.0 cm³/mol. The van der Waals surface area contributed by atoms with Gasteiger partial charge >= 0.3 is 0 Å². The molecule has 0 aliphatic heterocycles. The second-order valence-electron chi connectivity index (χ2n) is 4.10. The van der Waals surface area contributed by atoms with E-state index in [4.69, 9.17) is 10.2 Å². The van der Waals surface area contributed by atoms with Crippen molar-refractivity contribution in [2.45, 2.75) is 13.0 Å². The van der Waals surface area contributed by atoms with E-state index in [2.05, 4.69) is 10.3 Å². The van der Waals surface area contributed by atoms with Crippen molar-refractivity contribution in [2.75, 3.05) is 5.75 Å². The Bertz CT molecular complexity index is 666. The average Bonchev–Trinajstić information content (AvgIpc) is 2.84. The zero-order chi connectivity index (χ0) is 13.9. The van der Waals surface area contributed by atoms with Crippen LogP contribution in [0.1, 0.15) is 11.3 Å². The molecule has 102 valence electrons. The first-order chi connectivity index (χ1) is 8.98. The normalized spacial score (nSPS) is 11.7.